The average molecular weight is 294 g/mol. The molecule has 3 nitrogen and oxygen atoms in total. The maximum absolute atomic E-state index is 13.1. The van der Waals surface area contributed by atoms with E-state index < -0.39 is 5.82 Å². The van der Waals surface area contributed by atoms with Crippen molar-refractivity contribution in [3.8, 4) is 0 Å². The lowest BCUT2D eigenvalue weighted by Gasteiger charge is -2.25. The summed E-state index contributed by atoms with van der Waals surface area (Å²) in [4.78, 5) is 14.5. The van der Waals surface area contributed by atoms with Gasteiger partial charge in [-0.2, -0.15) is 0 Å². The van der Waals surface area contributed by atoms with Gasteiger partial charge in [0.25, 0.3) is 0 Å². The molecule has 0 aliphatic carbocycles. The molecule has 1 aromatic rings. The maximum Gasteiger partial charge on any atom is 0.164 e. The number of hydrogen-bond acceptors (Lipinski definition) is 3. The molecule has 0 aromatic heterocycles. The van der Waals surface area contributed by atoms with E-state index in [1.54, 1.807) is 0 Å². The van der Waals surface area contributed by atoms with Gasteiger partial charge >= 0.3 is 0 Å². The van der Waals surface area contributed by atoms with Crippen LogP contribution in [0.1, 0.15) is 44.5 Å². The van der Waals surface area contributed by atoms with E-state index in [4.69, 9.17) is 5.73 Å². The fourth-order valence-corrected chi connectivity index (χ4v) is 2.41. The van der Waals surface area contributed by atoms with Crippen LogP contribution in [-0.4, -0.2) is 30.3 Å². The van der Waals surface area contributed by atoms with Gasteiger partial charge in [-0.1, -0.05) is 27.7 Å². The Labute approximate surface area is 127 Å². The molecule has 0 amide bonds. The summed E-state index contributed by atoms with van der Waals surface area (Å²) in [5.41, 5.74) is 6.03. The summed E-state index contributed by atoms with van der Waals surface area (Å²) in [6, 6.07) is 4.18. The molecule has 4 heteroatoms. The smallest absolute Gasteiger partial charge is 0.164 e. The molecule has 0 spiro atoms. The number of halogens is 1. The molecule has 0 radical (unpaired) electrons. The SMILES string of the molecule is CC(C)CN(CCC(=O)c1ccc(F)c(N)c1)CC(C)C. The first-order valence-corrected chi connectivity index (χ1v) is 7.60. The van der Waals surface area contributed by atoms with E-state index in [0.717, 1.165) is 19.6 Å². The lowest BCUT2D eigenvalue weighted by atomic mass is 10.1. The van der Waals surface area contributed by atoms with Crippen LogP contribution in [0.15, 0.2) is 18.2 Å². The fraction of sp³-hybridized carbons (Fsp3) is 0.588. The zero-order chi connectivity index (χ0) is 16.0. The number of carbonyl (C=O) groups excluding carboxylic acids is 1. The third kappa shape index (κ3) is 6.25. The highest BCUT2D eigenvalue weighted by Crippen LogP contribution is 2.14. The molecule has 0 heterocycles. The van der Waals surface area contributed by atoms with Crippen molar-refractivity contribution in [3.05, 3.63) is 29.6 Å². The van der Waals surface area contributed by atoms with Crippen LogP contribution in [0, 0.1) is 17.7 Å². The number of nitrogens with two attached hydrogens (primary N) is 1. The molecule has 118 valence electrons. The van der Waals surface area contributed by atoms with Gasteiger partial charge in [-0.3, -0.25) is 4.79 Å². The standard InChI is InChI=1S/C17H27FN2O/c1-12(2)10-20(11-13(3)4)8-7-17(21)14-5-6-15(18)16(19)9-14/h5-6,9,12-13H,7-8,10-11,19H2,1-4H3. The lowest BCUT2D eigenvalue weighted by Crippen LogP contribution is -2.33. The second-order valence-corrected chi connectivity index (χ2v) is 6.46. The molecule has 0 saturated carbocycles. The summed E-state index contributed by atoms with van der Waals surface area (Å²) in [5.74, 6) is 0.674. The monoisotopic (exact) mass is 294 g/mol. The van der Waals surface area contributed by atoms with Gasteiger partial charge in [-0.05, 0) is 30.0 Å². The number of rotatable bonds is 8. The third-order valence-electron chi connectivity index (χ3n) is 3.22. The zero-order valence-electron chi connectivity index (χ0n) is 13.5. The molecular formula is C17H27FN2O. The van der Waals surface area contributed by atoms with E-state index in [2.05, 4.69) is 32.6 Å². The van der Waals surface area contributed by atoms with Crippen LogP contribution in [-0.2, 0) is 0 Å². The summed E-state index contributed by atoms with van der Waals surface area (Å²) in [5, 5.41) is 0. The van der Waals surface area contributed by atoms with Gasteiger partial charge < -0.3 is 10.6 Å². The minimum atomic E-state index is -0.479. The molecule has 0 fully saturated rings. The van der Waals surface area contributed by atoms with Gasteiger partial charge in [0.05, 0.1) is 5.69 Å². The predicted molar refractivity (Wildman–Crippen MR) is 85.9 cm³/mol. The average Bonchev–Trinajstić information content (AvgIpc) is 2.37. The Morgan fingerprint density at radius 1 is 1.19 bits per heavy atom. The molecule has 0 bridgehead atoms. The molecule has 1 aromatic carbocycles. The summed E-state index contributed by atoms with van der Waals surface area (Å²) < 4.78 is 13.1. The fourth-order valence-electron chi connectivity index (χ4n) is 2.41. The van der Waals surface area contributed by atoms with Crippen LogP contribution >= 0.6 is 0 Å². The van der Waals surface area contributed by atoms with Crippen LogP contribution in [0.3, 0.4) is 0 Å². The summed E-state index contributed by atoms with van der Waals surface area (Å²) in [6.07, 6.45) is 0.435. The van der Waals surface area contributed by atoms with Crippen molar-refractivity contribution in [1.82, 2.24) is 4.90 Å². The van der Waals surface area contributed by atoms with Crippen molar-refractivity contribution in [3.63, 3.8) is 0 Å². The molecule has 2 N–H and O–H groups in total. The van der Waals surface area contributed by atoms with E-state index in [9.17, 15) is 9.18 Å². The molecule has 0 atom stereocenters. The first kappa shape index (κ1) is 17.6. The van der Waals surface area contributed by atoms with Crippen LogP contribution in [0.5, 0.6) is 0 Å². The number of benzene rings is 1. The number of ketones is 1. The number of anilines is 1. The Bertz CT molecular complexity index is 462. The highest BCUT2D eigenvalue weighted by Gasteiger charge is 2.13. The highest BCUT2D eigenvalue weighted by atomic mass is 19.1. The van der Waals surface area contributed by atoms with Crippen molar-refractivity contribution in [2.45, 2.75) is 34.1 Å². The van der Waals surface area contributed by atoms with Gasteiger partial charge in [-0.25, -0.2) is 4.39 Å². The number of nitrogen functional groups attached to an aromatic ring is 1. The van der Waals surface area contributed by atoms with E-state index in [1.165, 1.54) is 18.2 Å². The Hall–Kier alpha value is -1.42. The van der Waals surface area contributed by atoms with Gasteiger partial charge in [-0.15, -0.1) is 0 Å². The third-order valence-corrected chi connectivity index (χ3v) is 3.22. The molecule has 1 rings (SSSR count). The van der Waals surface area contributed by atoms with Crippen molar-refractivity contribution in [2.24, 2.45) is 11.8 Å². The van der Waals surface area contributed by atoms with Gasteiger partial charge in [0.1, 0.15) is 5.82 Å². The molecule has 0 saturated heterocycles. The van der Waals surface area contributed by atoms with Crippen LogP contribution in [0.2, 0.25) is 0 Å². The Balaban J connectivity index is 2.61. The first-order chi connectivity index (χ1) is 9.79. The topological polar surface area (TPSA) is 46.3 Å². The van der Waals surface area contributed by atoms with E-state index in [1.807, 2.05) is 0 Å². The van der Waals surface area contributed by atoms with E-state index >= 15 is 0 Å². The minimum Gasteiger partial charge on any atom is -0.396 e. The first-order valence-electron chi connectivity index (χ1n) is 7.60. The van der Waals surface area contributed by atoms with Crippen molar-refractivity contribution in [2.75, 3.05) is 25.4 Å². The Kier molecular flexibility index (Phi) is 6.82. The normalized spacial score (nSPS) is 11.6. The van der Waals surface area contributed by atoms with E-state index in [0.29, 0.717) is 23.8 Å². The number of Topliss-reactive ketones (excluding diaryl/α,β-unsaturated/α-hetero) is 1. The Morgan fingerprint density at radius 3 is 2.24 bits per heavy atom. The summed E-state index contributed by atoms with van der Waals surface area (Å²) in [7, 11) is 0. The Morgan fingerprint density at radius 2 is 1.76 bits per heavy atom. The van der Waals surface area contributed by atoms with Gasteiger partial charge in [0.15, 0.2) is 5.78 Å². The minimum absolute atomic E-state index is 0.0132. The van der Waals surface area contributed by atoms with Crippen LogP contribution in [0.25, 0.3) is 0 Å². The number of hydrogen-bond donors (Lipinski definition) is 1. The number of nitrogens with zero attached hydrogens (tertiary/aromatic N) is 1. The largest absolute Gasteiger partial charge is 0.396 e. The maximum atomic E-state index is 13.1. The van der Waals surface area contributed by atoms with Gasteiger partial charge in [0.2, 0.25) is 0 Å². The zero-order valence-corrected chi connectivity index (χ0v) is 13.5. The van der Waals surface area contributed by atoms with E-state index in [-0.39, 0.29) is 11.5 Å². The second-order valence-electron chi connectivity index (χ2n) is 6.46. The molecule has 0 aliphatic heterocycles. The summed E-state index contributed by atoms with van der Waals surface area (Å²) in [6.45, 7) is 11.4. The second kappa shape index (κ2) is 8.13. The molecule has 21 heavy (non-hydrogen) atoms. The van der Waals surface area contributed by atoms with Crippen LogP contribution in [0.4, 0.5) is 10.1 Å². The molecule has 0 unspecified atom stereocenters. The summed E-state index contributed by atoms with van der Waals surface area (Å²) >= 11 is 0. The quantitative estimate of drug-likeness (QED) is 0.588. The highest BCUT2D eigenvalue weighted by molar-refractivity contribution is 5.96. The van der Waals surface area contributed by atoms with Crippen molar-refractivity contribution < 1.29 is 9.18 Å². The van der Waals surface area contributed by atoms with Crippen molar-refractivity contribution >= 4 is 11.5 Å². The van der Waals surface area contributed by atoms with Crippen molar-refractivity contribution in [1.29, 1.82) is 0 Å². The predicted octanol–water partition coefficient (Wildman–Crippen LogP) is 3.59. The number of carbonyl (C=O) groups is 1. The van der Waals surface area contributed by atoms with Crippen LogP contribution < -0.4 is 5.73 Å². The molecule has 0 aliphatic rings. The lowest BCUT2D eigenvalue weighted by molar-refractivity contribution is 0.0956. The van der Waals surface area contributed by atoms with Gasteiger partial charge in [0, 0.05) is 31.6 Å². The molecular weight excluding hydrogens is 267 g/mol.